The Morgan fingerprint density at radius 3 is 2.66 bits per heavy atom. The molecule has 1 fully saturated rings. The number of halogens is 1. The molecule has 1 amide bonds. The van der Waals surface area contributed by atoms with Crippen LogP contribution in [0.4, 0.5) is 5.82 Å². The van der Waals surface area contributed by atoms with Gasteiger partial charge in [-0.2, -0.15) is 0 Å². The third-order valence-corrected chi connectivity index (χ3v) is 4.49. The number of amides is 1. The van der Waals surface area contributed by atoms with Gasteiger partial charge >= 0.3 is 0 Å². The quantitative estimate of drug-likeness (QED) is 0.347. The van der Waals surface area contributed by atoms with Crippen LogP contribution in [0.25, 0.3) is 0 Å². The maximum absolute atomic E-state index is 10.9. The average molecular weight is 510 g/mol. The van der Waals surface area contributed by atoms with E-state index in [4.69, 9.17) is 10.5 Å². The molecule has 8 nitrogen and oxygen atoms in total. The summed E-state index contributed by atoms with van der Waals surface area (Å²) in [5.74, 6) is 2.01. The number of nitrogens with two attached hydrogens (primary N) is 1. The minimum atomic E-state index is -0.492. The highest BCUT2D eigenvalue weighted by atomic mass is 127. The fourth-order valence-corrected chi connectivity index (χ4v) is 3.10. The number of aliphatic imine (C=N–C) groups is 1. The number of hydrogen-bond acceptors (Lipinski definition) is 5. The van der Waals surface area contributed by atoms with Crippen LogP contribution in [0.15, 0.2) is 53.7 Å². The van der Waals surface area contributed by atoms with Gasteiger partial charge in [-0.15, -0.1) is 24.0 Å². The SMILES string of the molecule is CN=C(NCc1cccc(OCC(N)=O)c1)N1CCN(c2ccccn2)CC1.I. The Hall–Kier alpha value is -2.56. The van der Waals surface area contributed by atoms with Crippen molar-refractivity contribution >= 4 is 41.7 Å². The lowest BCUT2D eigenvalue weighted by Crippen LogP contribution is -2.52. The predicted octanol–water partition coefficient (Wildman–Crippen LogP) is 1.46. The summed E-state index contributed by atoms with van der Waals surface area (Å²) in [6, 6.07) is 13.6. The van der Waals surface area contributed by atoms with Crippen molar-refractivity contribution in [3.8, 4) is 5.75 Å². The van der Waals surface area contributed by atoms with Crippen molar-refractivity contribution in [2.45, 2.75) is 6.54 Å². The second-order valence-corrected chi connectivity index (χ2v) is 6.47. The zero-order valence-corrected chi connectivity index (χ0v) is 18.8. The van der Waals surface area contributed by atoms with Crippen LogP contribution in [0.5, 0.6) is 5.75 Å². The lowest BCUT2D eigenvalue weighted by Gasteiger charge is -2.37. The van der Waals surface area contributed by atoms with Crippen molar-refractivity contribution < 1.29 is 9.53 Å². The van der Waals surface area contributed by atoms with Crippen molar-refractivity contribution in [1.29, 1.82) is 0 Å². The van der Waals surface area contributed by atoms with Gasteiger partial charge in [0.2, 0.25) is 0 Å². The molecule has 3 N–H and O–H groups in total. The molecule has 0 spiro atoms. The summed E-state index contributed by atoms with van der Waals surface area (Å²) in [6.07, 6.45) is 1.82. The monoisotopic (exact) mass is 510 g/mol. The molecule has 2 heterocycles. The third-order valence-electron chi connectivity index (χ3n) is 4.49. The third kappa shape index (κ3) is 6.77. The number of nitrogens with zero attached hydrogens (tertiary/aromatic N) is 4. The maximum atomic E-state index is 10.9. The van der Waals surface area contributed by atoms with Crippen LogP contribution in [0.1, 0.15) is 5.56 Å². The van der Waals surface area contributed by atoms with E-state index in [1.54, 1.807) is 13.1 Å². The number of anilines is 1. The topological polar surface area (TPSA) is 96.1 Å². The Kier molecular flexibility index (Phi) is 8.97. The van der Waals surface area contributed by atoms with E-state index in [2.05, 4.69) is 25.1 Å². The zero-order chi connectivity index (χ0) is 19.8. The van der Waals surface area contributed by atoms with Gasteiger partial charge in [0, 0.05) is 46.0 Å². The Balaban J connectivity index is 0.00000300. The van der Waals surface area contributed by atoms with E-state index < -0.39 is 5.91 Å². The number of aromatic nitrogens is 1. The summed E-state index contributed by atoms with van der Waals surface area (Å²) in [6.45, 7) is 4.03. The fraction of sp³-hybridized carbons (Fsp3) is 0.350. The van der Waals surface area contributed by atoms with E-state index in [1.807, 2.05) is 42.6 Å². The fourth-order valence-electron chi connectivity index (χ4n) is 3.10. The standard InChI is InChI=1S/C20H26N6O2.HI/c1-22-20(24-14-16-5-4-6-17(13-16)28-15-18(21)27)26-11-9-25(10-12-26)19-7-2-3-8-23-19;/h2-8,13H,9-12,14-15H2,1H3,(H2,21,27)(H,22,24);1H. The van der Waals surface area contributed by atoms with Gasteiger partial charge in [-0.25, -0.2) is 4.98 Å². The minimum absolute atomic E-state index is 0. The molecule has 0 saturated carbocycles. The first-order valence-electron chi connectivity index (χ1n) is 9.27. The smallest absolute Gasteiger partial charge is 0.255 e. The number of hydrogen-bond donors (Lipinski definition) is 2. The molecule has 0 radical (unpaired) electrons. The van der Waals surface area contributed by atoms with Crippen LogP contribution in [0.3, 0.4) is 0 Å². The summed E-state index contributed by atoms with van der Waals surface area (Å²) in [4.78, 5) is 24.2. The second kappa shape index (κ2) is 11.4. The van der Waals surface area contributed by atoms with Crippen LogP contribution in [-0.2, 0) is 11.3 Å². The second-order valence-electron chi connectivity index (χ2n) is 6.47. The van der Waals surface area contributed by atoms with E-state index in [9.17, 15) is 4.79 Å². The molecule has 9 heteroatoms. The molecule has 1 aliphatic rings. The molecule has 0 unspecified atom stereocenters. The van der Waals surface area contributed by atoms with Crippen molar-refractivity contribution in [3.05, 3.63) is 54.2 Å². The average Bonchev–Trinajstić information content (AvgIpc) is 2.74. The van der Waals surface area contributed by atoms with Crippen LogP contribution in [0.2, 0.25) is 0 Å². The van der Waals surface area contributed by atoms with E-state index in [0.717, 1.165) is 43.5 Å². The first kappa shape index (κ1) is 22.7. The summed E-state index contributed by atoms with van der Waals surface area (Å²) in [7, 11) is 1.79. The molecule has 1 aromatic heterocycles. The van der Waals surface area contributed by atoms with Gasteiger partial charge in [0.1, 0.15) is 11.6 Å². The van der Waals surface area contributed by atoms with Gasteiger partial charge in [-0.3, -0.25) is 9.79 Å². The van der Waals surface area contributed by atoms with E-state index in [0.29, 0.717) is 12.3 Å². The number of benzene rings is 1. The van der Waals surface area contributed by atoms with Gasteiger partial charge in [0.15, 0.2) is 12.6 Å². The number of ether oxygens (including phenoxy) is 1. The Morgan fingerprint density at radius 1 is 1.21 bits per heavy atom. The van der Waals surface area contributed by atoms with Gasteiger partial charge in [-0.05, 0) is 29.8 Å². The molecule has 3 rings (SSSR count). The molecule has 2 aromatic rings. The Morgan fingerprint density at radius 2 is 2.00 bits per heavy atom. The number of rotatable bonds is 6. The number of pyridine rings is 1. The number of nitrogens with one attached hydrogen (secondary N) is 1. The highest BCUT2D eigenvalue weighted by Crippen LogP contribution is 2.14. The highest BCUT2D eigenvalue weighted by Gasteiger charge is 2.20. The predicted molar refractivity (Wildman–Crippen MR) is 125 cm³/mol. The molecule has 1 aliphatic heterocycles. The summed E-state index contributed by atoms with van der Waals surface area (Å²) < 4.78 is 5.36. The lowest BCUT2D eigenvalue weighted by molar-refractivity contribution is -0.119. The van der Waals surface area contributed by atoms with Crippen LogP contribution in [-0.4, -0.2) is 61.6 Å². The van der Waals surface area contributed by atoms with Crippen molar-refractivity contribution in [2.75, 3.05) is 44.7 Å². The summed E-state index contributed by atoms with van der Waals surface area (Å²) in [5.41, 5.74) is 6.16. The molecule has 29 heavy (non-hydrogen) atoms. The number of primary amides is 1. The Bertz CT molecular complexity index is 810. The molecule has 0 bridgehead atoms. The summed E-state index contributed by atoms with van der Waals surface area (Å²) in [5, 5.41) is 3.40. The van der Waals surface area contributed by atoms with Gasteiger partial charge < -0.3 is 25.6 Å². The molecular formula is C20H27IN6O2. The normalized spacial score (nSPS) is 14.2. The van der Waals surface area contributed by atoms with Gasteiger partial charge in [-0.1, -0.05) is 18.2 Å². The Labute approximate surface area is 188 Å². The van der Waals surface area contributed by atoms with Crippen LogP contribution >= 0.6 is 24.0 Å². The lowest BCUT2D eigenvalue weighted by atomic mass is 10.2. The van der Waals surface area contributed by atoms with Gasteiger partial charge in [0.05, 0.1) is 0 Å². The number of carbonyl (C=O) groups is 1. The maximum Gasteiger partial charge on any atom is 0.255 e. The van der Waals surface area contributed by atoms with Crippen molar-refractivity contribution in [3.63, 3.8) is 0 Å². The number of piperazine rings is 1. The minimum Gasteiger partial charge on any atom is -0.484 e. The molecule has 1 saturated heterocycles. The summed E-state index contributed by atoms with van der Waals surface area (Å²) >= 11 is 0. The van der Waals surface area contributed by atoms with E-state index in [1.165, 1.54) is 0 Å². The highest BCUT2D eigenvalue weighted by molar-refractivity contribution is 14.0. The van der Waals surface area contributed by atoms with E-state index >= 15 is 0 Å². The molecule has 0 atom stereocenters. The first-order valence-corrected chi connectivity index (χ1v) is 9.27. The van der Waals surface area contributed by atoms with Gasteiger partial charge in [0.25, 0.3) is 5.91 Å². The van der Waals surface area contributed by atoms with Crippen LogP contribution < -0.4 is 20.7 Å². The van der Waals surface area contributed by atoms with Crippen molar-refractivity contribution in [2.24, 2.45) is 10.7 Å². The van der Waals surface area contributed by atoms with E-state index in [-0.39, 0.29) is 30.6 Å². The van der Waals surface area contributed by atoms with Crippen LogP contribution in [0, 0.1) is 0 Å². The number of guanidine groups is 1. The first-order chi connectivity index (χ1) is 13.7. The molecular weight excluding hydrogens is 483 g/mol. The van der Waals surface area contributed by atoms with Crippen molar-refractivity contribution in [1.82, 2.24) is 15.2 Å². The molecule has 1 aromatic carbocycles. The largest absolute Gasteiger partial charge is 0.484 e. The zero-order valence-electron chi connectivity index (χ0n) is 16.5. The molecule has 156 valence electrons. The molecule has 0 aliphatic carbocycles. The number of carbonyl (C=O) groups excluding carboxylic acids is 1.